The second-order valence-electron chi connectivity index (χ2n) is 8.32. The van der Waals surface area contributed by atoms with Crippen LogP contribution in [-0.4, -0.2) is 46.4 Å². The summed E-state index contributed by atoms with van der Waals surface area (Å²) >= 11 is 11.8. The number of esters is 1. The van der Waals surface area contributed by atoms with E-state index in [0.29, 0.717) is 15.6 Å². The first-order valence-electron chi connectivity index (χ1n) is 11.1. The van der Waals surface area contributed by atoms with Crippen molar-refractivity contribution in [2.24, 2.45) is 0 Å². The minimum Gasteiger partial charge on any atom is -0.459 e. The van der Waals surface area contributed by atoms with E-state index in [2.05, 4.69) is 0 Å². The van der Waals surface area contributed by atoms with Crippen LogP contribution in [-0.2, 0) is 20.8 Å². The number of carbonyl (C=O) groups excluding carboxylic acids is 2. The maximum Gasteiger partial charge on any atom is 0.338 e. The van der Waals surface area contributed by atoms with Gasteiger partial charge in [0.15, 0.2) is 17.7 Å². The number of carbonyl (C=O) groups is 2. The van der Waals surface area contributed by atoms with Crippen LogP contribution >= 0.6 is 23.2 Å². The quantitative estimate of drug-likeness (QED) is 0.172. The van der Waals surface area contributed by atoms with Crippen LogP contribution in [0, 0.1) is 10.1 Å². The fourth-order valence-corrected chi connectivity index (χ4v) is 4.16. The van der Waals surface area contributed by atoms with Gasteiger partial charge in [0.1, 0.15) is 12.7 Å². The van der Waals surface area contributed by atoms with Gasteiger partial charge in [-0.25, -0.2) is 4.79 Å². The number of ketones is 1. The first kappa shape index (κ1) is 26.7. The second-order valence-corrected chi connectivity index (χ2v) is 9.19. The smallest absolute Gasteiger partial charge is 0.338 e. The summed E-state index contributed by atoms with van der Waals surface area (Å²) in [5.74, 6) is -1.38. The number of para-hydroxylation sites is 1. The largest absolute Gasteiger partial charge is 0.459 e. The molecule has 1 saturated heterocycles. The highest BCUT2D eigenvalue weighted by atomic mass is 35.5. The molecule has 3 atom stereocenters. The summed E-state index contributed by atoms with van der Waals surface area (Å²) in [5.41, 5.74) is -1.56. The van der Waals surface area contributed by atoms with Crippen LogP contribution in [0.15, 0.2) is 72.8 Å². The number of hydrogen-bond acceptors (Lipinski definition) is 8. The SMILES string of the molecule is O=C(OC[C@H]1OC(OCc2ccccc2[N+](=O)[O-])C[C@@]1(O)C(=O)c1ccc(Cl)cc1)c1ccc(Cl)cc1. The standard InChI is InChI=1S/C26H21Cl2NO8/c27-19-9-5-16(6-10-19)24(30)26(32)13-23(35-14-18-3-1-2-4-21(18)29(33)34)37-22(26)15-36-25(31)17-7-11-20(28)12-8-17/h1-12,22-23,32H,13-15H2/t22-,23?,26+/m1/s1. The Balaban J connectivity index is 1.52. The number of nitrogens with zero attached hydrogens (tertiary/aromatic N) is 1. The minimum atomic E-state index is -2.11. The van der Waals surface area contributed by atoms with E-state index in [9.17, 15) is 24.8 Å². The lowest BCUT2D eigenvalue weighted by molar-refractivity contribution is -0.386. The maximum atomic E-state index is 13.3. The summed E-state index contributed by atoms with van der Waals surface area (Å²) in [6.07, 6.45) is -2.68. The van der Waals surface area contributed by atoms with Gasteiger partial charge in [0, 0.05) is 28.1 Å². The van der Waals surface area contributed by atoms with E-state index in [-0.39, 0.29) is 29.8 Å². The summed E-state index contributed by atoms with van der Waals surface area (Å²) in [5, 5.41) is 23.6. The van der Waals surface area contributed by atoms with Crippen molar-refractivity contribution in [1.29, 1.82) is 0 Å². The predicted molar refractivity (Wildman–Crippen MR) is 134 cm³/mol. The van der Waals surface area contributed by atoms with Crippen molar-refractivity contribution in [2.45, 2.75) is 31.0 Å². The van der Waals surface area contributed by atoms with Gasteiger partial charge in [-0.1, -0.05) is 35.3 Å². The summed E-state index contributed by atoms with van der Waals surface area (Å²) in [4.78, 5) is 36.6. The molecule has 1 fully saturated rings. The lowest BCUT2D eigenvalue weighted by Crippen LogP contribution is -2.48. The van der Waals surface area contributed by atoms with Gasteiger partial charge in [-0.15, -0.1) is 0 Å². The third-order valence-corrected chi connectivity index (χ3v) is 6.39. The van der Waals surface area contributed by atoms with Crippen molar-refractivity contribution in [2.75, 3.05) is 6.61 Å². The van der Waals surface area contributed by atoms with Crippen LogP contribution in [0.3, 0.4) is 0 Å². The van der Waals surface area contributed by atoms with Crippen LogP contribution in [0.2, 0.25) is 10.0 Å². The van der Waals surface area contributed by atoms with Crippen LogP contribution in [0.1, 0.15) is 32.7 Å². The zero-order valence-electron chi connectivity index (χ0n) is 19.2. The molecule has 11 heteroatoms. The molecule has 9 nitrogen and oxygen atoms in total. The van der Waals surface area contributed by atoms with E-state index >= 15 is 0 Å². The van der Waals surface area contributed by atoms with Crippen LogP contribution in [0.4, 0.5) is 5.69 Å². The molecule has 1 heterocycles. The number of halogens is 2. The van der Waals surface area contributed by atoms with Gasteiger partial charge in [-0.2, -0.15) is 0 Å². The van der Waals surface area contributed by atoms with Gasteiger partial charge in [-0.05, 0) is 54.6 Å². The number of nitro benzene ring substituents is 1. The first-order chi connectivity index (χ1) is 17.7. The molecule has 1 aliphatic heterocycles. The van der Waals surface area contributed by atoms with Crippen molar-refractivity contribution in [3.63, 3.8) is 0 Å². The number of ether oxygens (including phenoxy) is 3. The Hall–Kier alpha value is -3.34. The van der Waals surface area contributed by atoms with Gasteiger partial charge in [0.25, 0.3) is 5.69 Å². The molecule has 0 aliphatic carbocycles. The molecule has 1 aliphatic rings. The molecule has 0 radical (unpaired) electrons. The zero-order valence-corrected chi connectivity index (χ0v) is 20.7. The third kappa shape index (κ3) is 6.15. The van der Waals surface area contributed by atoms with Crippen molar-refractivity contribution in [1.82, 2.24) is 0 Å². The number of rotatable bonds is 9. The molecule has 0 aromatic heterocycles. The van der Waals surface area contributed by atoms with Crippen LogP contribution in [0.5, 0.6) is 0 Å². The van der Waals surface area contributed by atoms with Crippen molar-refractivity contribution < 1.29 is 33.8 Å². The third-order valence-electron chi connectivity index (χ3n) is 5.88. The predicted octanol–water partition coefficient (Wildman–Crippen LogP) is 5.00. The fourth-order valence-electron chi connectivity index (χ4n) is 3.91. The molecule has 0 bridgehead atoms. The number of hydrogen-bond donors (Lipinski definition) is 1. The second kappa shape index (κ2) is 11.4. The zero-order chi connectivity index (χ0) is 26.6. The lowest BCUT2D eigenvalue weighted by Gasteiger charge is -2.26. The van der Waals surface area contributed by atoms with E-state index in [1.165, 1.54) is 66.7 Å². The first-order valence-corrected chi connectivity index (χ1v) is 11.9. The van der Waals surface area contributed by atoms with Gasteiger partial charge >= 0.3 is 5.97 Å². The van der Waals surface area contributed by atoms with Gasteiger partial charge < -0.3 is 19.3 Å². The van der Waals surface area contributed by atoms with E-state index in [1.807, 2.05) is 0 Å². The van der Waals surface area contributed by atoms with E-state index < -0.39 is 41.3 Å². The summed E-state index contributed by atoms with van der Waals surface area (Å²) in [6, 6.07) is 18.0. The Morgan fingerprint density at radius 2 is 1.59 bits per heavy atom. The number of aliphatic hydroxyl groups is 1. The monoisotopic (exact) mass is 545 g/mol. The average Bonchev–Trinajstić information content (AvgIpc) is 3.23. The number of nitro groups is 1. The van der Waals surface area contributed by atoms with E-state index in [4.69, 9.17) is 37.4 Å². The average molecular weight is 546 g/mol. The van der Waals surface area contributed by atoms with Gasteiger partial charge in [-0.3, -0.25) is 14.9 Å². The molecule has 1 unspecified atom stereocenters. The van der Waals surface area contributed by atoms with Crippen LogP contribution in [0.25, 0.3) is 0 Å². The molecule has 4 rings (SSSR count). The molecular formula is C26H21Cl2NO8. The van der Waals surface area contributed by atoms with E-state index in [1.54, 1.807) is 6.07 Å². The molecule has 3 aromatic carbocycles. The molecule has 37 heavy (non-hydrogen) atoms. The minimum absolute atomic E-state index is 0.138. The van der Waals surface area contributed by atoms with Gasteiger partial charge in [0.2, 0.25) is 0 Å². The molecule has 192 valence electrons. The Kier molecular flexibility index (Phi) is 8.21. The highest BCUT2D eigenvalue weighted by molar-refractivity contribution is 6.31. The summed E-state index contributed by atoms with van der Waals surface area (Å²) in [7, 11) is 0. The lowest BCUT2D eigenvalue weighted by atomic mass is 9.86. The molecule has 1 N–H and O–H groups in total. The normalized spacial score (nSPS) is 20.9. The summed E-state index contributed by atoms with van der Waals surface area (Å²) < 4.78 is 16.8. The topological polar surface area (TPSA) is 125 Å². The molecule has 0 saturated carbocycles. The Labute approximate surface area is 221 Å². The molecule has 0 spiro atoms. The van der Waals surface area contributed by atoms with Crippen molar-refractivity contribution in [3.8, 4) is 0 Å². The van der Waals surface area contributed by atoms with Gasteiger partial charge in [0.05, 0.1) is 22.7 Å². The Bertz CT molecular complexity index is 1300. The summed E-state index contributed by atoms with van der Waals surface area (Å²) in [6.45, 7) is -0.660. The Morgan fingerprint density at radius 1 is 1.00 bits per heavy atom. The van der Waals surface area contributed by atoms with E-state index in [0.717, 1.165) is 0 Å². The Morgan fingerprint density at radius 3 is 2.22 bits per heavy atom. The fraction of sp³-hybridized carbons (Fsp3) is 0.231. The van der Waals surface area contributed by atoms with Crippen molar-refractivity contribution in [3.05, 3.63) is 110 Å². The van der Waals surface area contributed by atoms with Crippen LogP contribution < -0.4 is 0 Å². The van der Waals surface area contributed by atoms with Crippen molar-refractivity contribution >= 4 is 40.6 Å². The highest BCUT2D eigenvalue weighted by Crippen LogP contribution is 2.36. The molecular weight excluding hydrogens is 525 g/mol. The number of benzene rings is 3. The maximum absolute atomic E-state index is 13.3. The molecule has 3 aromatic rings. The molecule has 0 amide bonds. The number of Topliss-reactive ketones (excluding diaryl/α,β-unsaturated/α-hetero) is 1. The highest BCUT2D eigenvalue weighted by Gasteiger charge is 2.54.